The largest absolute Gasteiger partial charge is 0.480 e. The molecule has 0 spiro atoms. The molecule has 1 atom stereocenters. The number of amides is 2. The van der Waals surface area contributed by atoms with Gasteiger partial charge in [0, 0.05) is 32.7 Å². The molecule has 1 aromatic rings. The highest BCUT2D eigenvalue weighted by atomic mass is 16.5. The van der Waals surface area contributed by atoms with Crippen LogP contribution in [0.2, 0.25) is 0 Å². The number of carboxylic acid groups (broad SMARTS) is 1. The number of aromatic nitrogens is 1. The number of aliphatic carboxylic acids is 1. The lowest BCUT2D eigenvalue weighted by molar-refractivity contribution is -0.139. The number of nitrogens with one attached hydrogen (secondary N) is 2. The van der Waals surface area contributed by atoms with Gasteiger partial charge in [-0.2, -0.15) is 0 Å². The van der Waals surface area contributed by atoms with E-state index < -0.39 is 18.0 Å². The van der Waals surface area contributed by atoms with Crippen LogP contribution in [0.3, 0.4) is 0 Å². The molecule has 7 nitrogen and oxygen atoms in total. The summed E-state index contributed by atoms with van der Waals surface area (Å²) in [6.07, 6.45) is 4.16. The van der Waals surface area contributed by atoms with Gasteiger partial charge in [-0.3, -0.25) is 4.98 Å². The molecule has 20 heavy (non-hydrogen) atoms. The number of rotatable bonds is 8. The smallest absolute Gasteiger partial charge is 0.326 e. The summed E-state index contributed by atoms with van der Waals surface area (Å²) in [6, 6.07) is 2.15. The maximum Gasteiger partial charge on any atom is 0.326 e. The average Bonchev–Trinajstić information content (AvgIpc) is 2.45. The number of nitrogens with zero attached hydrogens (tertiary/aromatic N) is 1. The van der Waals surface area contributed by atoms with Gasteiger partial charge in [-0.25, -0.2) is 9.59 Å². The normalized spacial score (nSPS) is 11.7. The van der Waals surface area contributed by atoms with E-state index in [9.17, 15) is 9.59 Å². The lowest BCUT2D eigenvalue weighted by Gasteiger charge is -2.14. The van der Waals surface area contributed by atoms with Crippen LogP contribution in [0.4, 0.5) is 4.79 Å². The van der Waals surface area contributed by atoms with Crippen LogP contribution in [-0.4, -0.2) is 41.8 Å². The Labute approximate surface area is 117 Å². The first-order valence-corrected chi connectivity index (χ1v) is 6.28. The summed E-state index contributed by atoms with van der Waals surface area (Å²) in [7, 11) is 1.55. The monoisotopic (exact) mass is 281 g/mol. The minimum absolute atomic E-state index is 0.296. The van der Waals surface area contributed by atoms with E-state index in [2.05, 4.69) is 15.6 Å². The molecule has 1 aromatic heterocycles. The summed E-state index contributed by atoms with van der Waals surface area (Å²) in [6.45, 7) is 0.757. The van der Waals surface area contributed by atoms with Crippen LogP contribution in [0, 0.1) is 0 Å². The molecular formula is C13H19N3O4. The van der Waals surface area contributed by atoms with Crippen molar-refractivity contribution in [2.45, 2.75) is 25.4 Å². The highest BCUT2D eigenvalue weighted by molar-refractivity contribution is 5.82. The summed E-state index contributed by atoms with van der Waals surface area (Å²) in [5.41, 5.74) is 0.842. The molecule has 0 radical (unpaired) electrons. The zero-order chi connectivity index (χ0) is 14.8. The summed E-state index contributed by atoms with van der Waals surface area (Å²) in [5.74, 6) is -1.06. The molecule has 7 heteroatoms. The molecule has 110 valence electrons. The molecule has 2 amide bonds. The summed E-state index contributed by atoms with van der Waals surface area (Å²) in [5, 5.41) is 14.0. The van der Waals surface area contributed by atoms with Crippen molar-refractivity contribution in [2.75, 3.05) is 13.7 Å². The minimum Gasteiger partial charge on any atom is -0.480 e. The number of hydrogen-bond donors (Lipinski definition) is 3. The van der Waals surface area contributed by atoms with Gasteiger partial charge in [-0.1, -0.05) is 6.07 Å². The number of pyridine rings is 1. The predicted octanol–water partition coefficient (Wildman–Crippen LogP) is 0.761. The Morgan fingerprint density at radius 2 is 2.30 bits per heavy atom. The number of ether oxygens (including phenoxy) is 1. The van der Waals surface area contributed by atoms with Crippen LogP contribution in [-0.2, 0) is 16.1 Å². The number of carbonyl (C=O) groups is 2. The number of urea groups is 1. The maximum absolute atomic E-state index is 11.6. The van der Waals surface area contributed by atoms with Crippen molar-refractivity contribution in [3.63, 3.8) is 0 Å². The zero-order valence-corrected chi connectivity index (χ0v) is 11.3. The van der Waals surface area contributed by atoms with Crippen molar-refractivity contribution >= 4 is 12.0 Å². The van der Waals surface area contributed by atoms with Gasteiger partial charge >= 0.3 is 12.0 Å². The van der Waals surface area contributed by atoms with Gasteiger partial charge < -0.3 is 20.5 Å². The SMILES string of the molecule is COCCCC(NC(=O)NCc1cccnc1)C(=O)O. The third kappa shape index (κ3) is 6.14. The molecule has 0 aromatic carbocycles. The Balaban J connectivity index is 2.36. The van der Waals surface area contributed by atoms with Crippen LogP contribution >= 0.6 is 0 Å². The maximum atomic E-state index is 11.6. The molecule has 3 N–H and O–H groups in total. The summed E-state index contributed by atoms with van der Waals surface area (Å²) in [4.78, 5) is 26.6. The molecule has 0 aliphatic heterocycles. The fourth-order valence-electron chi connectivity index (χ4n) is 1.58. The molecule has 1 unspecified atom stereocenters. The molecule has 0 bridgehead atoms. The van der Waals surface area contributed by atoms with Crippen molar-refractivity contribution in [3.8, 4) is 0 Å². The topological polar surface area (TPSA) is 101 Å². The van der Waals surface area contributed by atoms with Gasteiger partial charge in [-0.15, -0.1) is 0 Å². The van der Waals surface area contributed by atoms with Crippen molar-refractivity contribution in [2.24, 2.45) is 0 Å². The number of methoxy groups -OCH3 is 1. The first-order chi connectivity index (χ1) is 9.63. The zero-order valence-electron chi connectivity index (χ0n) is 11.3. The average molecular weight is 281 g/mol. The van der Waals surface area contributed by atoms with Gasteiger partial charge in [0.25, 0.3) is 0 Å². The quantitative estimate of drug-likeness (QED) is 0.611. The molecular weight excluding hydrogens is 262 g/mol. The van der Waals surface area contributed by atoms with Crippen LogP contribution < -0.4 is 10.6 Å². The lowest BCUT2D eigenvalue weighted by atomic mass is 10.1. The molecule has 0 fully saturated rings. The minimum atomic E-state index is -1.06. The van der Waals surface area contributed by atoms with E-state index in [1.54, 1.807) is 25.6 Å². The van der Waals surface area contributed by atoms with Crippen molar-refractivity contribution < 1.29 is 19.4 Å². The molecule has 0 aliphatic carbocycles. The second-order valence-electron chi connectivity index (χ2n) is 4.21. The molecule has 1 rings (SSSR count). The van der Waals surface area contributed by atoms with Gasteiger partial charge in [0.1, 0.15) is 6.04 Å². The van der Waals surface area contributed by atoms with Gasteiger partial charge in [0.15, 0.2) is 0 Å². The number of hydrogen-bond acceptors (Lipinski definition) is 4. The van der Waals surface area contributed by atoms with Crippen LogP contribution in [0.15, 0.2) is 24.5 Å². The van der Waals surface area contributed by atoms with Crippen LogP contribution in [0.5, 0.6) is 0 Å². The molecule has 0 saturated heterocycles. The van der Waals surface area contributed by atoms with Gasteiger partial charge in [-0.05, 0) is 24.5 Å². The fourth-order valence-corrected chi connectivity index (χ4v) is 1.58. The third-order valence-electron chi connectivity index (χ3n) is 2.62. The van der Waals surface area contributed by atoms with E-state index in [1.807, 2.05) is 6.07 Å². The number of carboxylic acids is 1. The molecule has 1 heterocycles. The van der Waals surface area contributed by atoms with E-state index in [4.69, 9.17) is 9.84 Å². The Hall–Kier alpha value is -2.15. The number of carbonyl (C=O) groups excluding carboxylic acids is 1. The Morgan fingerprint density at radius 1 is 1.50 bits per heavy atom. The van der Waals surface area contributed by atoms with Gasteiger partial charge in [0.05, 0.1) is 0 Å². The van der Waals surface area contributed by atoms with Gasteiger partial charge in [0.2, 0.25) is 0 Å². The molecule has 0 aliphatic rings. The van der Waals surface area contributed by atoms with Crippen LogP contribution in [0.1, 0.15) is 18.4 Å². The second kappa shape index (κ2) is 8.87. The first-order valence-electron chi connectivity index (χ1n) is 6.28. The highest BCUT2D eigenvalue weighted by Crippen LogP contribution is 1.99. The van der Waals surface area contributed by atoms with Crippen molar-refractivity contribution in [1.29, 1.82) is 0 Å². The Kier molecular flexibility index (Phi) is 7.05. The first kappa shape index (κ1) is 15.9. The lowest BCUT2D eigenvalue weighted by Crippen LogP contribution is -2.45. The summed E-state index contributed by atoms with van der Waals surface area (Å²) < 4.78 is 4.85. The fraction of sp³-hybridized carbons (Fsp3) is 0.462. The highest BCUT2D eigenvalue weighted by Gasteiger charge is 2.19. The second-order valence-corrected chi connectivity index (χ2v) is 4.21. The van der Waals surface area contributed by atoms with Crippen LogP contribution in [0.25, 0.3) is 0 Å². The molecule has 0 saturated carbocycles. The van der Waals surface area contributed by atoms with E-state index >= 15 is 0 Å². The third-order valence-corrected chi connectivity index (χ3v) is 2.62. The Bertz CT molecular complexity index is 425. The van der Waals surface area contributed by atoms with Crippen molar-refractivity contribution in [3.05, 3.63) is 30.1 Å². The Morgan fingerprint density at radius 3 is 2.90 bits per heavy atom. The van der Waals surface area contributed by atoms with Crippen molar-refractivity contribution in [1.82, 2.24) is 15.6 Å². The summed E-state index contributed by atoms with van der Waals surface area (Å²) >= 11 is 0. The van der Waals surface area contributed by atoms with E-state index in [1.165, 1.54) is 0 Å². The van der Waals surface area contributed by atoms with E-state index in [-0.39, 0.29) is 0 Å². The standard InChI is InChI=1S/C13H19N3O4/c1-20-7-3-5-11(12(17)18)16-13(19)15-9-10-4-2-6-14-8-10/h2,4,6,8,11H,3,5,7,9H2,1H3,(H,17,18)(H2,15,16,19). The predicted molar refractivity (Wildman–Crippen MR) is 72.1 cm³/mol. The van der Waals surface area contributed by atoms with E-state index in [0.717, 1.165) is 5.56 Å². The van der Waals surface area contributed by atoms with E-state index in [0.29, 0.717) is 26.0 Å².